The third-order valence-corrected chi connectivity index (χ3v) is 5.11. The molecule has 1 aliphatic rings. The number of rotatable bonds is 4. The van der Waals surface area contributed by atoms with Gasteiger partial charge in [0, 0.05) is 48.9 Å². The molecule has 0 saturated heterocycles. The van der Waals surface area contributed by atoms with Gasteiger partial charge in [-0.25, -0.2) is 9.50 Å². The SMILES string of the molecule is CC(C)(C)c1cn2c(n1)[C@@H](CNCc1cnn3ccccc13)CCC2. The largest absolute Gasteiger partial charge is 0.334 e. The van der Waals surface area contributed by atoms with Crippen LogP contribution in [0.5, 0.6) is 0 Å². The van der Waals surface area contributed by atoms with E-state index < -0.39 is 0 Å². The van der Waals surface area contributed by atoms with Gasteiger partial charge in [0.2, 0.25) is 0 Å². The molecule has 4 heterocycles. The summed E-state index contributed by atoms with van der Waals surface area (Å²) in [4.78, 5) is 4.98. The average Bonchev–Trinajstić information content (AvgIpc) is 3.19. The summed E-state index contributed by atoms with van der Waals surface area (Å²) in [6.45, 7) is 9.62. The normalized spacial score (nSPS) is 17.8. The molecule has 3 aromatic heterocycles. The van der Waals surface area contributed by atoms with Gasteiger partial charge in [-0.2, -0.15) is 5.10 Å². The minimum Gasteiger partial charge on any atom is -0.334 e. The lowest BCUT2D eigenvalue weighted by atomic mass is 9.93. The molecule has 0 saturated carbocycles. The number of aromatic nitrogens is 4. The Morgan fingerprint density at radius 2 is 2.16 bits per heavy atom. The van der Waals surface area contributed by atoms with Crippen LogP contribution in [-0.4, -0.2) is 25.7 Å². The monoisotopic (exact) mass is 337 g/mol. The second kappa shape index (κ2) is 6.30. The van der Waals surface area contributed by atoms with Gasteiger partial charge in [0.05, 0.1) is 17.4 Å². The second-order valence-corrected chi connectivity index (χ2v) is 8.10. The molecule has 0 spiro atoms. The van der Waals surface area contributed by atoms with E-state index in [4.69, 9.17) is 4.98 Å². The van der Waals surface area contributed by atoms with Gasteiger partial charge >= 0.3 is 0 Å². The number of imidazole rings is 1. The maximum Gasteiger partial charge on any atom is 0.113 e. The fraction of sp³-hybridized carbons (Fsp3) is 0.500. The first-order valence-corrected chi connectivity index (χ1v) is 9.22. The Labute approximate surface area is 149 Å². The molecule has 0 aliphatic carbocycles. The van der Waals surface area contributed by atoms with Gasteiger partial charge in [0.15, 0.2) is 0 Å². The van der Waals surface area contributed by atoms with Crippen LogP contribution in [0.3, 0.4) is 0 Å². The van der Waals surface area contributed by atoms with E-state index in [9.17, 15) is 0 Å². The van der Waals surface area contributed by atoms with Crippen molar-refractivity contribution in [1.29, 1.82) is 0 Å². The van der Waals surface area contributed by atoms with Gasteiger partial charge < -0.3 is 9.88 Å². The van der Waals surface area contributed by atoms with Crippen LogP contribution in [0.4, 0.5) is 0 Å². The molecule has 0 fully saturated rings. The number of hydrogen-bond donors (Lipinski definition) is 1. The van der Waals surface area contributed by atoms with Gasteiger partial charge in [-0.3, -0.25) is 0 Å². The lowest BCUT2D eigenvalue weighted by Gasteiger charge is -2.23. The first kappa shape index (κ1) is 16.3. The molecule has 1 N–H and O–H groups in total. The van der Waals surface area contributed by atoms with E-state index in [1.165, 1.54) is 35.4 Å². The number of nitrogens with one attached hydrogen (secondary N) is 1. The average molecular weight is 337 g/mol. The Morgan fingerprint density at radius 1 is 1.28 bits per heavy atom. The molecule has 1 aliphatic heterocycles. The van der Waals surface area contributed by atoms with Crippen molar-refractivity contribution < 1.29 is 0 Å². The van der Waals surface area contributed by atoms with E-state index in [0.29, 0.717) is 5.92 Å². The van der Waals surface area contributed by atoms with Crippen LogP contribution in [0.15, 0.2) is 36.8 Å². The molecule has 3 aromatic rings. The summed E-state index contributed by atoms with van der Waals surface area (Å²) in [5, 5.41) is 8.04. The lowest BCUT2D eigenvalue weighted by Crippen LogP contribution is -2.26. The highest BCUT2D eigenvalue weighted by molar-refractivity contribution is 5.53. The van der Waals surface area contributed by atoms with Gasteiger partial charge in [-0.1, -0.05) is 26.8 Å². The second-order valence-electron chi connectivity index (χ2n) is 8.10. The van der Waals surface area contributed by atoms with Gasteiger partial charge in [-0.05, 0) is 25.0 Å². The standard InChI is InChI=1S/C20H27N5/c1-20(2,3)18-14-24-9-6-7-15(19(24)23-18)11-21-12-16-13-22-25-10-5-4-8-17(16)25/h4-5,8,10,13-15,21H,6-7,9,11-12H2,1-3H3/t15-/m1/s1. The van der Waals surface area contributed by atoms with E-state index >= 15 is 0 Å². The predicted molar refractivity (Wildman–Crippen MR) is 99.8 cm³/mol. The van der Waals surface area contributed by atoms with Crippen LogP contribution in [0.1, 0.15) is 56.6 Å². The molecule has 0 radical (unpaired) electrons. The van der Waals surface area contributed by atoms with Gasteiger partial charge in [-0.15, -0.1) is 0 Å². The molecule has 0 aromatic carbocycles. The summed E-state index contributed by atoms with van der Waals surface area (Å²) in [7, 11) is 0. The van der Waals surface area contributed by atoms with Crippen molar-refractivity contribution in [2.75, 3.05) is 6.54 Å². The van der Waals surface area contributed by atoms with Crippen LogP contribution in [0.2, 0.25) is 0 Å². The maximum absolute atomic E-state index is 4.98. The smallest absolute Gasteiger partial charge is 0.113 e. The molecule has 132 valence electrons. The van der Waals surface area contributed by atoms with E-state index in [2.05, 4.69) is 54.1 Å². The van der Waals surface area contributed by atoms with Crippen molar-refractivity contribution in [3.63, 3.8) is 0 Å². The molecular weight excluding hydrogens is 310 g/mol. The Morgan fingerprint density at radius 3 is 3.00 bits per heavy atom. The van der Waals surface area contributed by atoms with Crippen molar-refractivity contribution in [2.45, 2.75) is 58.0 Å². The number of nitrogens with zero attached hydrogens (tertiary/aromatic N) is 4. The van der Waals surface area contributed by atoms with Crippen LogP contribution < -0.4 is 5.32 Å². The van der Waals surface area contributed by atoms with Crippen LogP contribution in [0, 0.1) is 0 Å². The van der Waals surface area contributed by atoms with Crippen LogP contribution in [0.25, 0.3) is 5.52 Å². The number of hydrogen-bond acceptors (Lipinski definition) is 3. The summed E-state index contributed by atoms with van der Waals surface area (Å²) in [5.41, 5.74) is 3.74. The minimum absolute atomic E-state index is 0.111. The third kappa shape index (κ3) is 3.21. The van der Waals surface area contributed by atoms with E-state index in [1.807, 2.05) is 23.0 Å². The third-order valence-electron chi connectivity index (χ3n) is 5.11. The quantitative estimate of drug-likeness (QED) is 0.793. The number of pyridine rings is 1. The highest BCUT2D eigenvalue weighted by Gasteiger charge is 2.26. The van der Waals surface area contributed by atoms with Crippen molar-refractivity contribution in [2.24, 2.45) is 0 Å². The highest BCUT2D eigenvalue weighted by Crippen LogP contribution is 2.30. The summed E-state index contributed by atoms with van der Waals surface area (Å²) in [6.07, 6.45) is 8.65. The fourth-order valence-electron chi connectivity index (χ4n) is 3.63. The Kier molecular flexibility index (Phi) is 4.12. The molecule has 5 heteroatoms. The van der Waals surface area contributed by atoms with E-state index in [0.717, 1.165) is 19.6 Å². The van der Waals surface area contributed by atoms with Crippen molar-refractivity contribution >= 4 is 5.52 Å². The predicted octanol–water partition coefficient (Wildman–Crippen LogP) is 3.50. The summed E-state index contributed by atoms with van der Waals surface area (Å²) >= 11 is 0. The molecule has 0 amide bonds. The van der Waals surface area contributed by atoms with Gasteiger partial charge in [0.25, 0.3) is 0 Å². The lowest BCUT2D eigenvalue weighted by molar-refractivity contribution is 0.423. The maximum atomic E-state index is 4.98. The van der Waals surface area contributed by atoms with Crippen LogP contribution in [-0.2, 0) is 18.5 Å². The van der Waals surface area contributed by atoms with Crippen molar-refractivity contribution in [3.8, 4) is 0 Å². The number of fused-ring (bicyclic) bond motifs is 2. The van der Waals surface area contributed by atoms with E-state index in [-0.39, 0.29) is 5.41 Å². The molecule has 1 atom stereocenters. The summed E-state index contributed by atoms with van der Waals surface area (Å²) in [6, 6.07) is 6.19. The molecule has 4 rings (SSSR count). The van der Waals surface area contributed by atoms with E-state index in [1.54, 1.807) is 0 Å². The zero-order chi connectivity index (χ0) is 17.4. The Balaban J connectivity index is 1.45. The summed E-state index contributed by atoms with van der Waals surface area (Å²) in [5.74, 6) is 1.75. The Hall–Kier alpha value is -2.14. The molecule has 25 heavy (non-hydrogen) atoms. The zero-order valence-corrected chi connectivity index (χ0v) is 15.4. The fourth-order valence-corrected chi connectivity index (χ4v) is 3.63. The number of aryl methyl sites for hydroxylation is 1. The first-order valence-electron chi connectivity index (χ1n) is 9.22. The van der Waals surface area contributed by atoms with Crippen molar-refractivity contribution in [3.05, 3.63) is 53.9 Å². The topological polar surface area (TPSA) is 47.2 Å². The molecule has 0 bridgehead atoms. The van der Waals surface area contributed by atoms with Gasteiger partial charge in [0.1, 0.15) is 5.82 Å². The highest BCUT2D eigenvalue weighted by atomic mass is 15.2. The minimum atomic E-state index is 0.111. The van der Waals surface area contributed by atoms with Crippen molar-refractivity contribution in [1.82, 2.24) is 24.5 Å². The first-order chi connectivity index (χ1) is 12.0. The molecule has 5 nitrogen and oxygen atoms in total. The summed E-state index contributed by atoms with van der Waals surface area (Å²) < 4.78 is 4.30. The van der Waals surface area contributed by atoms with Crippen LogP contribution >= 0.6 is 0 Å². The molecule has 0 unspecified atom stereocenters. The zero-order valence-electron chi connectivity index (χ0n) is 15.4. The molecular formula is C20H27N5. The Bertz CT molecular complexity index is 868.